The van der Waals surface area contributed by atoms with Gasteiger partial charge in [-0.2, -0.15) is 11.8 Å². The van der Waals surface area contributed by atoms with Crippen LogP contribution in [0.15, 0.2) is 16.7 Å². The van der Waals surface area contributed by atoms with Crippen molar-refractivity contribution in [2.45, 2.75) is 39.8 Å². The van der Waals surface area contributed by atoms with Gasteiger partial charge in [0.1, 0.15) is 5.69 Å². The van der Waals surface area contributed by atoms with E-state index in [0.717, 1.165) is 34.6 Å². The topological polar surface area (TPSA) is 34.0 Å². The molecule has 18 heavy (non-hydrogen) atoms. The molecule has 1 aromatic rings. The maximum absolute atomic E-state index is 12.2. The average molecular weight is 333 g/mol. The molecule has 0 saturated heterocycles. The standard InChI is InChI=1S/C13H21BrN2OS/c1-4-6-16-8-11(14)7-12(16)13(17)15-10(3)9-18-5-2/h7-8,10H,4-6,9H2,1-3H3,(H,15,17). The Hall–Kier alpha value is -0.420. The summed E-state index contributed by atoms with van der Waals surface area (Å²) in [4.78, 5) is 12.2. The number of carbonyl (C=O) groups excluding carboxylic acids is 1. The van der Waals surface area contributed by atoms with Crippen molar-refractivity contribution in [1.29, 1.82) is 0 Å². The molecule has 0 radical (unpaired) electrons. The summed E-state index contributed by atoms with van der Waals surface area (Å²) < 4.78 is 2.95. The van der Waals surface area contributed by atoms with E-state index in [2.05, 4.69) is 35.1 Å². The molecule has 102 valence electrons. The van der Waals surface area contributed by atoms with Crippen LogP contribution in [0.1, 0.15) is 37.7 Å². The first-order valence-electron chi connectivity index (χ1n) is 6.32. The summed E-state index contributed by atoms with van der Waals surface area (Å²) in [6, 6.07) is 2.08. The molecule has 0 spiro atoms. The summed E-state index contributed by atoms with van der Waals surface area (Å²) in [5, 5.41) is 3.04. The molecule has 1 heterocycles. The summed E-state index contributed by atoms with van der Waals surface area (Å²) in [7, 11) is 0. The predicted molar refractivity (Wildman–Crippen MR) is 82.4 cm³/mol. The fraction of sp³-hybridized carbons (Fsp3) is 0.615. The molecule has 5 heteroatoms. The highest BCUT2D eigenvalue weighted by atomic mass is 79.9. The van der Waals surface area contributed by atoms with Crippen molar-refractivity contribution in [1.82, 2.24) is 9.88 Å². The molecule has 1 atom stereocenters. The first kappa shape index (κ1) is 15.6. The fourth-order valence-corrected chi connectivity index (χ4v) is 2.86. The molecule has 0 fully saturated rings. The highest BCUT2D eigenvalue weighted by Gasteiger charge is 2.14. The van der Waals surface area contributed by atoms with Crippen LogP contribution in [0.5, 0.6) is 0 Å². The van der Waals surface area contributed by atoms with E-state index >= 15 is 0 Å². The number of rotatable bonds is 7. The summed E-state index contributed by atoms with van der Waals surface area (Å²) in [5.74, 6) is 2.05. The molecule has 0 aliphatic heterocycles. The third kappa shape index (κ3) is 4.69. The van der Waals surface area contributed by atoms with Gasteiger partial charge in [0, 0.05) is 29.0 Å². The number of nitrogens with one attached hydrogen (secondary N) is 1. The van der Waals surface area contributed by atoms with E-state index < -0.39 is 0 Å². The van der Waals surface area contributed by atoms with Gasteiger partial charge >= 0.3 is 0 Å². The number of aryl methyl sites for hydroxylation is 1. The maximum Gasteiger partial charge on any atom is 0.268 e. The Bertz CT molecular complexity index is 392. The summed E-state index contributed by atoms with van der Waals surface area (Å²) in [5.41, 5.74) is 0.733. The van der Waals surface area contributed by atoms with Gasteiger partial charge in [0.25, 0.3) is 5.91 Å². The minimum absolute atomic E-state index is 0.0124. The first-order chi connectivity index (χ1) is 8.58. The summed E-state index contributed by atoms with van der Waals surface area (Å²) in [6.07, 6.45) is 2.98. The van der Waals surface area contributed by atoms with Crippen LogP contribution in [-0.2, 0) is 6.54 Å². The molecule has 0 bridgehead atoms. The number of hydrogen-bond acceptors (Lipinski definition) is 2. The number of aromatic nitrogens is 1. The minimum atomic E-state index is 0.0124. The highest BCUT2D eigenvalue weighted by Crippen LogP contribution is 2.16. The third-order valence-corrected chi connectivity index (χ3v) is 4.09. The molecule has 1 rings (SSSR count). The molecular weight excluding hydrogens is 312 g/mol. The molecule has 0 aliphatic carbocycles. The van der Waals surface area contributed by atoms with Crippen LogP contribution in [0.3, 0.4) is 0 Å². The van der Waals surface area contributed by atoms with Crippen molar-refractivity contribution in [3.8, 4) is 0 Å². The van der Waals surface area contributed by atoms with Crippen LogP contribution in [0.2, 0.25) is 0 Å². The number of carbonyl (C=O) groups is 1. The Morgan fingerprint density at radius 1 is 1.56 bits per heavy atom. The maximum atomic E-state index is 12.2. The zero-order valence-electron chi connectivity index (χ0n) is 11.2. The normalized spacial score (nSPS) is 12.4. The largest absolute Gasteiger partial charge is 0.347 e. The van der Waals surface area contributed by atoms with Crippen LogP contribution in [-0.4, -0.2) is 28.0 Å². The van der Waals surface area contributed by atoms with Crippen LogP contribution in [0, 0.1) is 0 Å². The van der Waals surface area contributed by atoms with E-state index in [0.29, 0.717) is 0 Å². The average Bonchev–Trinajstić information content (AvgIpc) is 2.68. The van der Waals surface area contributed by atoms with E-state index in [-0.39, 0.29) is 11.9 Å². The fourth-order valence-electron chi connectivity index (χ4n) is 1.73. The Morgan fingerprint density at radius 2 is 2.28 bits per heavy atom. The quantitative estimate of drug-likeness (QED) is 0.828. The molecular formula is C13H21BrN2OS. The lowest BCUT2D eigenvalue weighted by Gasteiger charge is -2.14. The van der Waals surface area contributed by atoms with Gasteiger partial charge in [0.05, 0.1) is 0 Å². The minimum Gasteiger partial charge on any atom is -0.347 e. The highest BCUT2D eigenvalue weighted by molar-refractivity contribution is 9.10. The Labute approximate surface area is 122 Å². The Kier molecular flexibility index (Phi) is 6.86. The van der Waals surface area contributed by atoms with Crippen molar-refractivity contribution >= 4 is 33.6 Å². The first-order valence-corrected chi connectivity index (χ1v) is 8.27. The lowest BCUT2D eigenvalue weighted by Crippen LogP contribution is -2.35. The van der Waals surface area contributed by atoms with Crippen LogP contribution >= 0.6 is 27.7 Å². The van der Waals surface area contributed by atoms with Crippen molar-refractivity contribution in [2.24, 2.45) is 0 Å². The number of nitrogens with zero attached hydrogens (tertiary/aromatic N) is 1. The van der Waals surface area contributed by atoms with Crippen molar-refractivity contribution in [2.75, 3.05) is 11.5 Å². The summed E-state index contributed by atoms with van der Waals surface area (Å²) in [6.45, 7) is 7.15. The van der Waals surface area contributed by atoms with Crippen molar-refractivity contribution in [3.05, 3.63) is 22.4 Å². The van der Waals surface area contributed by atoms with Gasteiger partial charge in [0.2, 0.25) is 0 Å². The molecule has 0 aromatic carbocycles. The van der Waals surface area contributed by atoms with E-state index in [4.69, 9.17) is 0 Å². The smallest absolute Gasteiger partial charge is 0.268 e. The lowest BCUT2D eigenvalue weighted by molar-refractivity contribution is 0.0934. The SMILES string of the molecule is CCCn1cc(Br)cc1C(=O)NC(C)CSCC. The zero-order valence-corrected chi connectivity index (χ0v) is 13.6. The van der Waals surface area contributed by atoms with E-state index in [1.165, 1.54) is 0 Å². The van der Waals surface area contributed by atoms with Gasteiger partial charge in [-0.25, -0.2) is 0 Å². The zero-order chi connectivity index (χ0) is 13.5. The second-order valence-corrected chi connectivity index (χ2v) is 6.51. The van der Waals surface area contributed by atoms with Gasteiger partial charge in [-0.1, -0.05) is 13.8 Å². The van der Waals surface area contributed by atoms with Crippen LogP contribution in [0.4, 0.5) is 0 Å². The van der Waals surface area contributed by atoms with E-state index in [1.54, 1.807) is 0 Å². The molecule has 0 aliphatic rings. The van der Waals surface area contributed by atoms with Gasteiger partial charge < -0.3 is 9.88 Å². The molecule has 1 N–H and O–H groups in total. The number of thioether (sulfide) groups is 1. The monoisotopic (exact) mass is 332 g/mol. The predicted octanol–water partition coefficient (Wildman–Crippen LogP) is 3.53. The second-order valence-electron chi connectivity index (χ2n) is 4.27. The van der Waals surface area contributed by atoms with Gasteiger partial charge in [-0.15, -0.1) is 0 Å². The number of amides is 1. The van der Waals surface area contributed by atoms with E-state index in [9.17, 15) is 4.79 Å². The van der Waals surface area contributed by atoms with Crippen LogP contribution in [0.25, 0.3) is 0 Å². The summed E-state index contributed by atoms with van der Waals surface area (Å²) >= 11 is 5.27. The number of halogens is 1. The lowest BCUT2D eigenvalue weighted by atomic mass is 10.3. The second kappa shape index (κ2) is 7.89. The molecule has 3 nitrogen and oxygen atoms in total. The van der Waals surface area contributed by atoms with Gasteiger partial charge in [-0.05, 0) is 41.1 Å². The Morgan fingerprint density at radius 3 is 2.89 bits per heavy atom. The van der Waals surface area contributed by atoms with E-state index in [1.807, 2.05) is 35.5 Å². The third-order valence-electron chi connectivity index (χ3n) is 2.51. The number of hydrogen-bond donors (Lipinski definition) is 1. The van der Waals surface area contributed by atoms with Crippen LogP contribution < -0.4 is 5.32 Å². The Balaban J connectivity index is 2.65. The molecule has 0 saturated carbocycles. The molecule has 1 amide bonds. The van der Waals surface area contributed by atoms with Crippen molar-refractivity contribution < 1.29 is 4.79 Å². The molecule has 1 aromatic heterocycles. The van der Waals surface area contributed by atoms with Crippen molar-refractivity contribution in [3.63, 3.8) is 0 Å². The molecule has 1 unspecified atom stereocenters. The van der Waals surface area contributed by atoms with Gasteiger partial charge in [0.15, 0.2) is 0 Å². The van der Waals surface area contributed by atoms with Gasteiger partial charge in [-0.3, -0.25) is 4.79 Å².